The van der Waals surface area contributed by atoms with Gasteiger partial charge >= 0.3 is 0 Å². The van der Waals surface area contributed by atoms with Crippen LogP contribution in [0.15, 0.2) is 33.2 Å². The molecule has 0 bridgehead atoms. The van der Waals surface area contributed by atoms with Crippen LogP contribution in [0.2, 0.25) is 0 Å². The molecule has 1 unspecified atom stereocenters. The van der Waals surface area contributed by atoms with E-state index < -0.39 is 0 Å². The van der Waals surface area contributed by atoms with E-state index in [4.69, 9.17) is 10.3 Å². The van der Waals surface area contributed by atoms with Gasteiger partial charge in [-0.05, 0) is 40.4 Å². The third kappa shape index (κ3) is 2.70. The number of hydrogen-bond donors (Lipinski definition) is 2. The first-order valence-corrected chi connectivity index (χ1v) is 6.55. The average molecular weight is 297 g/mol. The van der Waals surface area contributed by atoms with Gasteiger partial charge in [-0.3, -0.25) is 5.84 Å². The summed E-state index contributed by atoms with van der Waals surface area (Å²) < 4.78 is 6.84. The number of benzene rings is 1. The molecule has 3 nitrogen and oxygen atoms in total. The molecule has 0 amide bonds. The molecular formula is C13H17BrN2O. The Morgan fingerprint density at radius 2 is 2.18 bits per heavy atom. The highest BCUT2D eigenvalue weighted by atomic mass is 79.9. The van der Waals surface area contributed by atoms with Gasteiger partial charge in [-0.2, -0.15) is 0 Å². The summed E-state index contributed by atoms with van der Waals surface area (Å²) in [6.45, 7) is 4.34. The van der Waals surface area contributed by atoms with Gasteiger partial charge in [-0.1, -0.05) is 26.0 Å². The van der Waals surface area contributed by atoms with Gasteiger partial charge in [-0.25, -0.2) is 5.43 Å². The molecule has 0 saturated carbocycles. The summed E-state index contributed by atoms with van der Waals surface area (Å²) in [5.41, 5.74) is 3.70. The largest absolute Gasteiger partial charge is 0.458 e. The minimum atomic E-state index is 0.0642. The number of rotatable bonds is 4. The van der Waals surface area contributed by atoms with Crippen LogP contribution in [-0.4, -0.2) is 0 Å². The van der Waals surface area contributed by atoms with Crippen LogP contribution in [0, 0.1) is 5.92 Å². The smallest absolute Gasteiger partial charge is 0.148 e. The van der Waals surface area contributed by atoms with Crippen molar-refractivity contribution < 1.29 is 4.42 Å². The first-order valence-electron chi connectivity index (χ1n) is 5.76. The van der Waals surface area contributed by atoms with E-state index in [9.17, 15) is 0 Å². The summed E-state index contributed by atoms with van der Waals surface area (Å²) in [6.07, 6.45) is 0.952. The Hall–Kier alpha value is -0.840. The Bertz CT molecular complexity index is 507. The number of hydrazine groups is 1. The zero-order chi connectivity index (χ0) is 12.4. The Morgan fingerprint density at radius 3 is 2.76 bits per heavy atom. The van der Waals surface area contributed by atoms with Crippen molar-refractivity contribution >= 4 is 26.9 Å². The van der Waals surface area contributed by atoms with E-state index in [1.165, 1.54) is 0 Å². The number of fused-ring (bicyclic) bond motifs is 1. The molecule has 1 aromatic heterocycles. The molecule has 0 aliphatic heterocycles. The molecule has 92 valence electrons. The van der Waals surface area contributed by atoms with E-state index in [-0.39, 0.29) is 6.04 Å². The Morgan fingerprint density at radius 1 is 1.41 bits per heavy atom. The molecular weight excluding hydrogens is 280 g/mol. The van der Waals surface area contributed by atoms with Crippen LogP contribution in [-0.2, 0) is 0 Å². The summed E-state index contributed by atoms with van der Waals surface area (Å²) >= 11 is 3.49. The molecule has 0 fully saturated rings. The summed E-state index contributed by atoms with van der Waals surface area (Å²) in [4.78, 5) is 0. The van der Waals surface area contributed by atoms with Gasteiger partial charge in [0, 0.05) is 5.39 Å². The average Bonchev–Trinajstić information content (AvgIpc) is 2.70. The van der Waals surface area contributed by atoms with Crippen LogP contribution in [0.4, 0.5) is 0 Å². The van der Waals surface area contributed by atoms with Crippen molar-refractivity contribution in [2.45, 2.75) is 26.3 Å². The number of hydrogen-bond acceptors (Lipinski definition) is 3. The lowest BCUT2D eigenvalue weighted by Gasteiger charge is -2.15. The van der Waals surface area contributed by atoms with Crippen molar-refractivity contribution in [2.75, 3.05) is 0 Å². The third-order valence-corrected chi connectivity index (χ3v) is 3.39. The maximum atomic E-state index is 5.86. The zero-order valence-electron chi connectivity index (χ0n) is 10.0. The van der Waals surface area contributed by atoms with E-state index in [1.54, 1.807) is 0 Å². The zero-order valence-corrected chi connectivity index (χ0v) is 11.6. The van der Waals surface area contributed by atoms with Crippen LogP contribution >= 0.6 is 15.9 Å². The second kappa shape index (κ2) is 5.21. The van der Waals surface area contributed by atoms with Crippen LogP contribution in [0.5, 0.6) is 0 Å². The molecule has 3 N–H and O–H groups in total. The molecule has 2 rings (SSSR count). The van der Waals surface area contributed by atoms with Crippen molar-refractivity contribution in [3.8, 4) is 0 Å². The minimum absolute atomic E-state index is 0.0642. The minimum Gasteiger partial charge on any atom is -0.458 e. The van der Waals surface area contributed by atoms with Crippen molar-refractivity contribution in [3.05, 3.63) is 34.5 Å². The van der Waals surface area contributed by atoms with Gasteiger partial charge in [0.15, 0.2) is 0 Å². The SMILES string of the molecule is CC(C)CC(NN)c1cc2cccc(Br)c2o1. The first kappa shape index (κ1) is 12.6. The standard InChI is InChI=1S/C13H17BrN2O/c1-8(2)6-11(16-15)12-7-9-4-3-5-10(14)13(9)17-12/h3-5,7-8,11,16H,6,15H2,1-2H3. The second-order valence-electron chi connectivity index (χ2n) is 4.66. The van der Waals surface area contributed by atoms with Gasteiger partial charge in [0.2, 0.25) is 0 Å². The third-order valence-electron chi connectivity index (χ3n) is 2.77. The van der Waals surface area contributed by atoms with Crippen molar-refractivity contribution in [1.29, 1.82) is 0 Å². The van der Waals surface area contributed by atoms with Crippen LogP contribution in [0.25, 0.3) is 11.0 Å². The van der Waals surface area contributed by atoms with E-state index in [1.807, 2.05) is 24.3 Å². The molecule has 4 heteroatoms. The van der Waals surface area contributed by atoms with Crippen LogP contribution in [0.3, 0.4) is 0 Å². The molecule has 0 aliphatic rings. The maximum Gasteiger partial charge on any atom is 0.148 e. The monoisotopic (exact) mass is 296 g/mol. The van der Waals surface area contributed by atoms with E-state index in [2.05, 4.69) is 35.2 Å². The Balaban J connectivity index is 2.37. The maximum absolute atomic E-state index is 5.86. The normalized spacial score (nSPS) is 13.5. The molecule has 17 heavy (non-hydrogen) atoms. The Kier molecular flexibility index (Phi) is 3.86. The lowest BCUT2D eigenvalue weighted by molar-refractivity contribution is 0.375. The van der Waals surface area contributed by atoms with E-state index in [0.29, 0.717) is 5.92 Å². The summed E-state index contributed by atoms with van der Waals surface area (Å²) in [5, 5.41) is 1.10. The molecule has 1 aromatic carbocycles. The number of halogens is 1. The second-order valence-corrected chi connectivity index (χ2v) is 5.51. The molecule has 1 atom stereocenters. The molecule has 0 radical (unpaired) electrons. The summed E-state index contributed by atoms with van der Waals surface area (Å²) in [7, 11) is 0. The number of furan rings is 1. The van der Waals surface area contributed by atoms with Crippen molar-refractivity contribution in [1.82, 2.24) is 5.43 Å². The highest BCUT2D eigenvalue weighted by Gasteiger charge is 2.17. The van der Waals surface area contributed by atoms with E-state index >= 15 is 0 Å². The predicted molar refractivity (Wildman–Crippen MR) is 73.4 cm³/mol. The van der Waals surface area contributed by atoms with Gasteiger partial charge in [0.05, 0.1) is 10.5 Å². The van der Waals surface area contributed by atoms with Crippen LogP contribution in [0.1, 0.15) is 32.1 Å². The highest BCUT2D eigenvalue weighted by Crippen LogP contribution is 2.31. The predicted octanol–water partition coefficient (Wildman–Crippen LogP) is 3.75. The summed E-state index contributed by atoms with van der Waals surface area (Å²) in [6, 6.07) is 8.12. The highest BCUT2D eigenvalue weighted by molar-refractivity contribution is 9.10. The fourth-order valence-electron chi connectivity index (χ4n) is 1.96. The topological polar surface area (TPSA) is 51.2 Å². The van der Waals surface area contributed by atoms with Gasteiger partial charge in [0.25, 0.3) is 0 Å². The van der Waals surface area contributed by atoms with Gasteiger partial charge in [0.1, 0.15) is 11.3 Å². The van der Waals surface area contributed by atoms with Crippen LogP contribution < -0.4 is 11.3 Å². The summed E-state index contributed by atoms with van der Waals surface area (Å²) in [5.74, 6) is 7.05. The molecule has 0 saturated heterocycles. The van der Waals surface area contributed by atoms with Gasteiger partial charge < -0.3 is 4.42 Å². The first-order chi connectivity index (χ1) is 8.11. The fraction of sp³-hybridized carbons (Fsp3) is 0.385. The molecule has 1 heterocycles. The number of nitrogens with one attached hydrogen (secondary N) is 1. The molecule has 0 aliphatic carbocycles. The van der Waals surface area contributed by atoms with Gasteiger partial charge in [-0.15, -0.1) is 0 Å². The Labute approximate surface area is 109 Å². The number of nitrogens with two attached hydrogens (primary N) is 1. The lowest BCUT2D eigenvalue weighted by Crippen LogP contribution is -2.28. The fourth-order valence-corrected chi connectivity index (χ4v) is 2.42. The molecule has 0 spiro atoms. The lowest BCUT2D eigenvalue weighted by atomic mass is 10.0. The number of para-hydroxylation sites is 1. The van der Waals surface area contributed by atoms with Crippen molar-refractivity contribution in [3.63, 3.8) is 0 Å². The van der Waals surface area contributed by atoms with E-state index in [0.717, 1.165) is 27.6 Å². The molecule has 2 aromatic rings. The van der Waals surface area contributed by atoms with Crippen molar-refractivity contribution in [2.24, 2.45) is 11.8 Å². The quantitative estimate of drug-likeness (QED) is 0.667.